The average Bonchev–Trinajstić information content (AvgIpc) is 3.96. The van der Waals surface area contributed by atoms with Crippen molar-refractivity contribution in [1.29, 1.82) is 0 Å². The molecule has 2 heteroatoms. The van der Waals surface area contributed by atoms with E-state index in [9.17, 15) is 0 Å². The van der Waals surface area contributed by atoms with Crippen LogP contribution in [0, 0.1) is 0 Å². The van der Waals surface area contributed by atoms with E-state index in [4.69, 9.17) is 0 Å². The lowest BCUT2D eigenvalue weighted by Gasteiger charge is -2.35. The molecule has 296 valence electrons. The third-order valence-corrected chi connectivity index (χ3v) is 13.9. The van der Waals surface area contributed by atoms with Gasteiger partial charge in [-0.25, -0.2) is 0 Å². The Balaban J connectivity index is 0.935. The van der Waals surface area contributed by atoms with Crippen LogP contribution in [-0.4, -0.2) is 10.6 Å². The topological polar surface area (TPSA) is 8.17 Å². The first-order valence-corrected chi connectivity index (χ1v) is 22.1. The van der Waals surface area contributed by atoms with Crippen LogP contribution in [0.3, 0.4) is 0 Å². The summed E-state index contributed by atoms with van der Waals surface area (Å²) in [6.45, 7) is 0. The Morgan fingerprint density at radius 3 is 1.62 bits per heavy atom. The average molecular weight is 803 g/mol. The van der Waals surface area contributed by atoms with Crippen LogP contribution >= 0.6 is 0 Å². The number of nitrogens with zero attached hydrogens (tertiary/aromatic N) is 2. The third-order valence-electron chi connectivity index (χ3n) is 13.9. The van der Waals surface area contributed by atoms with Crippen LogP contribution in [0.1, 0.15) is 34.2 Å². The molecule has 1 spiro atoms. The van der Waals surface area contributed by atoms with Crippen molar-refractivity contribution in [2.45, 2.75) is 17.9 Å². The van der Waals surface area contributed by atoms with Gasteiger partial charge in [0.15, 0.2) is 0 Å². The number of aromatic nitrogens is 1. The van der Waals surface area contributed by atoms with E-state index in [0.717, 1.165) is 6.42 Å². The van der Waals surface area contributed by atoms with E-state index in [2.05, 4.69) is 246 Å². The molecule has 1 unspecified atom stereocenters. The lowest BCUT2D eigenvalue weighted by atomic mass is 9.70. The van der Waals surface area contributed by atoms with Crippen molar-refractivity contribution in [1.82, 2.24) is 4.57 Å². The Hall–Kier alpha value is -7.94. The van der Waals surface area contributed by atoms with Gasteiger partial charge in [-0.05, 0) is 128 Å². The summed E-state index contributed by atoms with van der Waals surface area (Å²) >= 11 is 0. The van der Waals surface area contributed by atoms with E-state index in [1.807, 2.05) is 0 Å². The lowest BCUT2D eigenvalue weighted by Crippen LogP contribution is -2.31. The highest BCUT2D eigenvalue weighted by molar-refractivity contribution is 6.10. The third kappa shape index (κ3) is 5.31. The molecule has 9 aromatic carbocycles. The predicted molar refractivity (Wildman–Crippen MR) is 263 cm³/mol. The predicted octanol–water partition coefficient (Wildman–Crippen LogP) is 15.3. The lowest BCUT2D eigenvalue weighted by molar-refractivity contribution is 0.775. The molecule has 3 aliphatic carbocycles. The Morgan fingerprint density at radius 1 is 0.413 bits per heavy atom. The summed E-state index contributed by atoms with van der Waals surface area (Å²) in [5.74, 6) is 0. The fourth-order valence-corrected chi connectivity index (χ4v) is 11.2. The smallest absolute Gasteiger partial charge is 0.0726 e. The van der Waals surface area contributed by atoms with Gasteiger partial charge in [-0.3, -0.25) is 0 Å². The Kier molecular flexibility index (Phi) is 7.98. The second-order valence-corrected chi connectivity index (χ2v) is 17.1. The van der Waals surface area contributed by atoms with Gasteiger partial charge < -0.3 is 9.47 Å². The molecule has 0 amide bonds. The molecule has 63 heavy (non-hydrogen) atoms. The highest BCUT2D eigenvalue weighted by Gasteiger charge is 2.51. The molecule has 13 rings (SSSR count). The van der Waals surface area contributed by atoms with Crippen molar-refractivity contribution in [3.05, 3.63) is 264 Å². The van der Waals surface area contributed by atoms with Gasteiger partial charge >= 0.3 is 0 Å². The first-order valence-electron chi connectivity index (χ1n) is 22.1. The van der Waals surface area contributed by atoms with Crippen molar-refractivity contribution < 1.29 is 0 Å². The number of anilines is 2. The number of para-hydroxylation sites is 2. The van der Waals surface area contributed by atoms with Gasteiger partial charge in [0.25, 0.3) is 0 Å². The maximum atomic E-state index is 2.57. The van der Waals surface area contributed by atoms with E-state index in [1.165, 1.54) is 106 Å². The molecule has 1 atom stereocenters. The summed E-state index contributed by atoms with van der Waals surface area (Å²) in [6, 6.07) is 80.9. The second kappa shape index (κ2) is 14.1. The zero-order valence-electron chi connectivity index (χ0n) is 34.7. The number of hydrogen-bond acceptors (Lipinski definition) is 1. The highest BCUT2D eigenvalue weighted by atomic mass is 15.2. The van der Waals surface area contributed by atoms with Crippen molar-refractivity contribution in [2.24, 2.45) is 0 Å². The van der Waals surface area contributed by atoms with Gasteiger partial charge in [-0.2, -0.15) is 0 Å². The fraction of sp³-hybridized carbons (Fsp3) is 0.0492. The Morgan fingerprint density at radius 2 is 0.952 bits per heavy atom. The van der Waals surface area contributed by atoms with Gasteiger partial charge in [0.2, 0.25) is 0 Å². The number of benzene rings is 9. The molecular formula is C61H42N2. The molecule has 0 fully saturated rings. The summed E-state index contributed by atoms with van der Waals surface area (Å²) in [5, 5.41) is 2.54. The van der Waals surface area contributed by atoms with Crippen LogP contribution in [0.25, 0.3) is 66.4 Å². The molecular weight excluding hydrogens is 761 g/mol. The van der Waals surface area contributed by atoms with Gasteiger partial charge in [0, 0.05) is 27.8 Å². The molecule has 0 saturated carbocycles. The van der Waals surface area contributed by atoms with Crippen molar-refractivity contribution in [2.75, 3.05) is 4.90 Å². The van der Waals surface area contributed by atoms with Crippen LogP contribution < -0.4 is 4.90 Å². The minimum atomic E-state index is -0.407. The van der Waals surface area contributed by atoms with Gasteiger partial charge in [-0.1, -0.05) is 182 Å². The van der Waals surface area contributed by atoms with Crippen LogP contribution in [-0.2, 0) is 5.41 Å². The SMILES string of the molecule is C1=CC(N(c2ccc(-c3ccccc3)cc2)c2ccc3c(c2)C2(c4ccccc4-c4ccccc42)c2ccccc2-3)CC=C1c1ccc2c(c1)c1ccccc1n2-c1ccccc1. The largest absolute Gasteiger partial charge is 0.334 e. The molecule has 1 heterocycles. The van der Waals surface area contributed by atoms with Gasteiger partial charge in [-0.15, -0.1) is 0 Å². The van der Waals surface area contributed by atoms with Crippen LogP contribution in [0.2, 0.25) is 0 Å². The molecule has 0 saturated heterocycles. The van der Waals surface area contributed by atoms with Gasteiger partial charge in [0.1, 0.15) is 0 Å². The molecule has 3 aliphatic rings. The molecule has 2 nitrogen and oxygen atoms in total. The van der Waals surface area contributed by atoms with E-state index >= 15 is 0 Å². The van der Waals surface area contributed by atoms with Crippen molar-refractivity contribution in [3.8, 4) is 39.1 Å². The summed E-state index contributed by atoms with van der Waals surface area (Å²) in [6.07, 6.45) is 8.09. The van der Waals surface area contributed by atoms with Gasteiger partial charge in [0.05, 0.1) is 22.5 Å². The van der Waals surface area contributed by atoms with Crippen molar-refractivity contribution >= 4 is 38.8 Å². The molecule has 0 bridgehead atoms. The van der Waals surface area contributed by atoms with Crippen LogP contribution in [0.15, 0.2) is 237 Å². The van der Waals surface area contributed by atoms with E-state index in [0.29, 0.717) is 0 Å². The highest BCUT2D eigenvalue weighted by Crippen LogP contribution is 2.63. The second-order valence-electron chi connectivity index (χ2n) is 17.1. The number of hydrogen-bond donors (Lipinski definition) is 0. The summed E-state index contributed by atoms with van der Waals surface area (Å²) < 4.78 is 2.39. The zero-order valence-corrected chi connectivity index (χ0v) is 34.7. The van der Waals surface area contributed by atoms with E-state index in [-0.39, 0.29) is 6.04 Å². The number of fused-ring (bicyclic) bond motifs is 13. The van der Waals surface area contributed by atoms with Crippen LogP contribution in [0.4, 0.5) is 11.4 Å². The number of rotatable bonds is 6. The molecule has 10 aromatic rings. The Bertz CT molecular complexity index is 3420. The fourth-order valence-electron chi connectivity index (χ4n) is 11.2. The minimum Gasteiger partial charge on any atom is -0.334 e. The molecule has 0 aliphatic heterocycles. The maximum absolute atomic E-state index is 2.57. The minimum absolute atomic E-state index is 0.0981. The summed E-state index contributed by atoms with van der Waals surface area (Å²) in [4.78, 5) is 2.57. The first-order chi connectivity index (χ1) is 31.3. The normalized spacial score (nSPS) is 15.2. The maximum Gasteiger partial charge on any atom is 0.0726 e. The standard InChI is InChI=1S/C61H42N2/c1-3-15-41(16-4-1)42-27-32-46(33-28-42)62(47-34-29-43(30-35-47)44-31-38-60-54(39-44)53-22-10-14-26-59(53)63(60)45-17-5-2-6-18-45)48-36-37-52-51-21-9-13-25-57(51)61(58(52)40-48)55-23-11-7-19-49(55)50-20-8-12-24-56(50)61/h1-34,36-40,47H,35H2. The molecule has 0 N–H and O–H groups in total. The van der Waals surface area contributed by atoms with E-state index in [1.54, 1.807) is 0 Å². The van der Waals surface area contributed by atoms with Crippen LogP contribution in [0.5, 0.6) is 0 Å². The Labute approximate surface area is 368 Å². The quantitative estimate of drug-likeness (QED) is 0.163. The summed E-state index contributed by atoms with van der Waals surface area (Å²) in [5.41, 5.74) is 21.2. The molecule has 1 aromatic heterocycles. The van der Waals surface area contributed by atoms with E-state index < -0.39 is 5.41 Å². The van der Waals surface area contributed by atoms with Crippen molar-refractivity contribution in [3.63, 3.8) is 0 Å². The zero-order chi connectivity index (χ0) is 41.5. The monoisotopic (exact) mass is 802 g/mol. The summed E-state index contributed by atoms with van der Waals surface area (Å²) in [7, 11) is 0. The number of allylic oxidation sites excluding steroid dienone is 2. The molecule has 0 radical (unpaired) electrons. The first kappa shape index (κ1) is 35.8.